The maximum absolute atomic E-state index is 4.68. The molecule has 39 heavy (non-hydrogen) atoms. The summed E-state index contributed by atoms with van der Waals surface area (Å²) in [7, 11) is 0. The Hall–Kier alpha value is -4.49. The van der Waals surface area contributed by atoms with Crippen LogP contribution in [-0.4, -0.2) is 20.2 Å². The highest BCUT2D eigenvalue weighted by atomic mass is 32.1. The Bertz CT molecular complexity index is 1770. The first-order chi connectivity index (χ1) is 18.9. The van der Waals surface area contributed by atoms with E-state index in [0.717, 1.165) is 62.6 Å². The summed E-state index contributed by atoms with van der Waals surface area (Å²) in [5, 5.41) is 15.8. The van der Waals surface area contributed by atoms with Crippen molar-refractivity contribution in [3.8, 4) is 21.6 Å². The van der Waals surface area contributed by atoms with Gasteiger partial charge in [0, 0.05) is 49.9 Å². The van der Waals surface area contributed by atoms with Crippen LogP contribution in [0.1, 0.15) is 36.9 Å². The summed E-state index contributed by atoms with van der Waals surface area (Å²) in [6.07, 6.45) is 8.55. The SMILES string of the molecule is C=C(C)c1ccc(-c2ccnc3c2CC=C(c2n[nH]c4ccc(-c5cncc(NC(=C)C(C)C)c5)cc24)N3)s1. The minimum Gasteiger partial charge on any atom is -0.358 e. The van der Waals surface area contributed by atoms with E-state index in [1.54, 1.807) is 11.3 Å². The van der Waals surface area contributed by atoms with Crippen LogP contribution in [0.5, 0.6) is 0 Å². The van der Waals surface area contributed by atoms with Crippen LogP contribution >= 0.6 is 11.3 Å². The summed E-state index contributed by atoms with van der Waals surface area (Å²) in [5.41, 5.74) is 10.3. The third kappa shape index (κ3) is 4.77. The molecule has 0 spiro atoms. The highest BCUT2D eigenvalue weighted by Crippen LogP contribution is 2.39. The minimum absolute atomic E-state index is 0.338. The lowest BCUT2D eigenvalue weighted by molar-refractivity contribution is 0.778. The molecule has 6 rings (SSSR count). The third-order valence-electron chi connectivity index (χ3n) is 7.00. The number of rotatable bonds is 7. The van der Waals surface area contributed by atoms with Crippen molar-refractivity contribution < 1.29 is 0 Å². The van der Waals surface area contributed by atoms with E-state index >= 15 is 0 Å². The van der Waals surface area contributed by atoms with Crippen molar-refractivity contribution in [1.29, 1.82) is 0 Å². The zero-order valence-corrected chi connectivity index (χ0v) is 23.1. The van der Waals surface area contributed by atoms with Gasteiger partial charge in [0.25, 0.3) is 0 Å². The normalized spacial score (nSPS) is 12.7. The fraction of sp³-hybridized carbons (Fsp3) is 0.156. The molecule has 4 aromatic heterocycles. The van der Waals surface area contributed by atoms with Gasteiger partial charge in [-0.3, -0.25) is 10.1 Å². The van der Waals surface area contributed by atoms with Gasteiger partial charge in [-0.15, -0.1) is 11.3 Å². The number of allylic oxidation sites excluding steroid dienone is 3. The molecule has 5 aromatic rings. The monoisotopic (exact) mass is 530 g/mol. The lowest BCUT2D eigenvalue weighted by atomic mass is 9.99. The Labute approximate surface area is 232 Å². The van der Waals surface area contributed by atoms with Crippen molar-refractivity contribution >= 4 is 45.0 Å². The summed E-state index contributed by atoms with van der Waals surface area (Å²) in [4.78, 5) is 11.6. The molecule has 0 unspecified atom stereocenters. The Morgan fingerprint density at radius 2 is 1.92 bits per heavy atom. The van der Waals surface area contributed by atoms with Crippen LogP contribution in [0.3, 0.4) is 0 Å². The number of H-pyrrole nitrogens is 1. The van der Waals surface area contributed by atoms with Crippen molar-refractivity contribution in [1.82, 2.24) is 20.2 Å². The Kier molecular flexibility index (Phi) is 6.37. The number of hydrogen-bond acceptors (Lipinski definition) is 6. The van der Waals surface area contributed by atoms with Gasteiger partial charge < -0.3 is 10.6 Å². The van der Waals surface area contributed by atoms with Crippen LogP contribution in [0, 0.1) is 5.92 Å². The summed E-state index contributed by atoms with van der Waals surface area (Å²) < 4.78 is 0. The molecule has 194 valence electrons. The van der Waals surface area contributed by atoms with E-state index in [9.17, 15) is 0 Å². The summed E-state index contributed by atoms with van der Waals surface area (Å²) in [6.45, 7) is 14.5. The van der Waals surface area contributed by atoms with Crippen molar-refractivity contribution in [3.05, 3.63) is 102 Å². The predicted molar refractivity (Wildman–Crippen MR) is 164 cm³/mol. The fourth-order valence-corrected chi connectivity index (χ4v) is 5.67. The zero-order chi connectivity index (χ0) is 27.1. The molecule has 1 aromatic carbocycles. The van der Waals surface area contributed by atoms with Crippen LogP contribution in [-0.2, 0) is 6.42 Å². The molecule has 0 atom stereocenters. The third-order valence-corrected chi connectivity index (χ3v) is 8.28. The highest BCUT2D eigenvalue weighted by molar-refractivity contribution is 7.16. The number of anilines is 2. The molecule has 0 aliphatic carbocycles. The van der Waals surface area contributed by atoms with E-state index in [4.69, 9.17) is 0 Å². The number of fused-ring (bicyclic) bond motifs is 2. The van der Waals surface area contributed by atoms with Gasteiger partial charge in [0.05, 0.1) is 23.1 Å². The zero-order valence-electron chi connectivity index (χ0n) is 22.3. The standard InChI is InChI=1S/C32H30N6S/c1-18(2)20(5)35-23-14-22(16-33-17-23)21-6-8-27-26(15-21)31(38-37-27)28-9-7-25-24(12-13-34-32(25)36-28)30-11-10-29(39-30)19(3)4/h6,8-18,35H,3,5,7H2,1-2,4H3,(H,34,36)(H,37,38). The lowest BCUT2D eigenvalue weighted by Gasteiger charge is -2.20. The number of thiophene rings is 1. The van der Waals surface area contributed by atoms with Crippen LogP contribution in [0.15, 0.2) is 86.0 Å². The predicted octanol–water partition coefficient (Wildman–Crippen LogP) is 8.37. The lowest BCUT2D eigenvalue weighted by Crippen LogP contribution is -2.10. The molecule has 0 bridgehead atoms. The van der Waals surface area contributed by atoms with Crippen molar-refractivity contribution in [2.75, 3.05) is 10.6 Å². The van der Waals surface area contributed by atoms with Gasteiger partial charge in [-0.05, 0) is 66.8 Å². The molecule has 7 heteroatoms. The van der Waals surface area contributed by atoms with Crippen LogP contribution in [0.2, 0.25) is 0 Å². The first-order valence-electron chi connectivity index (χ1n) is 13.0. The number of nitrogens with zero attached hydrogens (tertiary/aromatic N) is 3. The van der Waals surface area contributed by atoms with Crippen LogP contribution in [0.4, 0.5) is 11.5 Å². The molecule has 0 saturated heterocycles. The molecule has 0 radical (unpaired) electrons. The number of nitrogens with one attached hydrogen (secondary N) is 3. The fourth-order valence-electron chi connectivity index (χ4n) is 4.68. The van der Waals surface area contributed by atoms with Crippen molar-refractivity contribution in [2.24, 2.45) is 5.92 Å². The number of pyridine rings is 2. The van der Waals surface area contributed by atoms with Crippen LogP contribution in [0.25, 0.3) is 43.7 Å². The Morgan fingerprint density at radius 3 is 2.72 bits per heavy atom. The molecule has 0 fully saturated rings. The molecule has 5 heterocycles. The average Bonchev–Trinajstić information content (AvgIpc) is 3.60. The van der Waals surface area contributed by atoms with E-state index in [1.165, 1.54) is 20.9 Å². The maximum Gasteiger partial charge on any atom is 0.134 e. The van der Waals surface area contributed by atoms with E-state index in [-0.39, 0.29) is 0 Å². The molecule has 3 N–H and O–H groups in total. The second-order valence-electron chi connectivity index (χ2n) is 10.2. The van der Waals surface area contributed by atoms with E-state index in [1.807, 2.05) is 25.5 Å². The minimum atomic E-state index is 0.338. The van der Waals surface area contributed by atoms with Crippen molar-refractivity contribution in [3.63, 3.8) is 0 Å². The summed E-state index contributed by atoms with van der Waals surface area (Å²) in [6, 6.07) is 14.8. The average molecular weight is 531 g/mol. The van der Waals surface area contributed by atoms with Gasteiger partial charge in [0.15, 0.2) is 0 Å². The second kappa shape index (κ2) is 10.0. The number of hydrogen-bond donors (Lipinski definition) is 3. The summed E-state index contributed by atoms with van der Waals surface area (Å²) >= 11 is 1.76. The van der Waals surface area contributed by atoms with E-state index in [0.29, 0.717) is 5.92 Å². The smallest absolute Gasteiger partial charge is 0.134 e. The van der Waals surface area contributed by atoms with E-state index < -0.39 is 0 Å². The molecule has 6 nitrogen and oxygen atoms in total. The van der Waals surface area contributed by atoms with Gasteiger partial charge >= 0.3 is 0 Å². The largest absolute Gasteiger partial charge is 0.358 e. The van der Waals surface area contributed by atoms with Gasteiger partial charge in [0.1, 0.15) is 11.5 Å². The molecular formula is C32H30N6S. The van der Waals surface area contributed by atoms with E-state index in [2.05, 4.69) is 106 Å². The van der Waals surface area contributed by atoms with Crippen molar-refractivity contribution in [2.45, 2.75) is 27.2 Å². The quantitative estimate of drug-likeness (QED) is 0.197. The molecule has 1 aliphatic rings. The van der Waals surface area contributed by atoms with Gasteiger partial charge in [-0.25, -0.2) is 4.98 Å². The Balaban J connectivity index is 1.31. The van der Waals surface area contributed by atoms with Gasteiger partial charge in [0.2, 0.25) is 0 Å². The van der Waals surface area contributed by atoms with Crippen LogP contribution < -0.4 is 10.6 Å². The number of benzene rings is 1. The first kappa shape index (κ1) is 24.8. The summed E-state index contributed by atoms with van der Waals surface area (Å²) in [5.74, 6) is 1.21. The first-order valence-corrected chi connectivity index (χ1v) is 13.8. The maximum atomic E-state index is 4.68. The molecule has 0 amide bonds. The number of aromatic amines is 1. The molecule has 0 saturated carbocycles. The Morgan fingerprint density at radius 1 is 1.05 bits per heavy atom. The van der Waals surface area contributed by atoms with Gasteiger partial charge in [-0.1, -0.05) is 39.1 Å². The number of aromatic nitrogens is 4. The second-order valence-corrected chi connectivity index (χ2v) is 11.3. The van der Waals surface area contributed by atoms with Gasteiger partial charge in [-0.2, -0.15) is 5.10 Å². The topological polar surface area (TPSA) is 78.5 Å². The highest BCUT2D eigenvalue weighted by Gasteiger charge is 2.21. The molecule has 1 aliphatic heterocycles. The molecular weight excluding hydrogens is 500 g/mol.